The molecular formula is C15H21NO. The van der Waals surface area contributed by atoms with Crippen molar-refractivity contribution >= 4 is 0 Å². The lowest BCUT2D eigenvalue weighted by Crippen LogP contribution is -2.56. The van der Waals surface area contributed by atoms with Crippen LogP contribution in [0.2, 0.25) is 0 Å². The first-order chi connectivity index (χ1) is 8.38. The van der Waals surface area contributed by atoms with Crippen molar-refractivity contribution in [1.29, 1.82) is 0 Å². The molecule has 0 radical (unpaired) electrons. The average molecular weight is 231 g/mol. The van der Waals surface area contributed by atoms with E-state index in [2.05, 4.69) is 35.6 Å². The number of ether oxygens (including phenoxy) is 1. The quantitative estimate of drug-likeness (QED) is 0.802. The van der Waals surface area contributed by atoms with Crippen LogP contribution < -0.4 is 5.32 Å². The summed E-state index contributed by atoms with van der Waals surface area (Å²) in [6.45, 7) is 1.71. The second-order valence-corrected chi connectivity index (χ2v) is 5.46. The smallest absolute Gasteiger partial charge is 0.0662 e. The van der Waals surface area contributed by atoms with E-state index in [1.807, 2.05) is 0 Å². The maximum atomic E-state index is 5.87. The number of nitrogens with one attached hydrogen (secondary N) is 1. The Kier molecular flexibility index (Phi) is 3.17. The van der Waals surface area contributed by atoms with Gasteiger partial charge < -0.3 is 10.1 Å². The molecule has 1 N–H and O–H groups in total. The third-order valence-electron chi connectivity index (χ3n) is 4.16. The molecule has 1 heterocycles. The van der Waals surface area contributed by atoms with E-state index >= 15 is 0 Å². The molecule has 1 aromatic carbocycles. The maximum absolute atomic E-state index is 5.87. The van der Waals surface area contributed by atoms with Crippen molar-refractivity contribution in [3.05, 3.63) is 35.9 Å². The summed E-state index contributed by atoms with van der Waals surface area (Å²) < 4.78 is 5.87. The molecule has 1 aliphatic heterocycles. The monoisotopic (exact) mass is 231 g/mol. The fourth-order valence-electron chi connectivity index (χ4n) is 3.21. The Morgan fingerprint density at radius 2 is 1.82 bits per heavy atom. The Morgan fingerprint density at radius 3 is 2.59 bits per heavy atom. The van der Waals surface area contributed by atoms with E-state index in [9.17, 15) is 0 Å². The molecule has 17 heavy (non-hydrogen) atoms. The number of benzene rings is 1. The second kappa shape index (κ2) is 4.79. The topological polar surface area (TPSA) is 21.3 Å². The minimum Gasteiger partial charge on any atom is -0.378 e. The van der Waals surface area contributed by atoms with Crippen LogP contribution >= 0.6 is 0 Å². The minimum atomic E-state index is 0.261. The Labute approximate surface area is 103 Å². The summed E-state index contributed by atoms with van der Waals surface area (Å²) in [6.07, 6.45) is 6.63. The van der Waals surface area contributed by atoms with Gasteiger partial charge in [0, 0.05) is 5.54 Å². The van der Waals surface area contributed by atoms with Gasteiger partial charge in [-0.15, -0.1) is 0 Å². The zero-order chi connectivity index (χ0) is 11.6. The van der Waals surface area contributed by atoms with Gasteiger partial charge in [0.1, 0.15) is 0 Å². The molecular weight excluding hydrogens is 210 g/mol. The van der Waals surface area contributed by atoms with E-state index in [4.69, 9.17) is 4.74 Å². The molecule has 1 aliphatic carbocycles. The standard InChI is InChI=1S/C15H21NO/c1-3-7-13(8-4-1)14-11-17-12-15(16-14)9-5-2-6-10-15/h1,3-4,7-8,14,16H,2,5-6,9-12H2/t14-/m0/s1. The lowest BCUT2D eigenvalue weighted by Gasteiger charge is -2.44. The summed E-state index contributed by atoms with van der Waals surface area (Å²) >= 11 is 0. The number of rotatable bonds is 1. The number of hydrogen-bond donors (Lipinski definition) is 1. The molecule has 1 saturated carbocycles. The van der Waals surface area contributed by atoms with E-state index in [0.29, 0.717) is 6.04 Å². The van der Waals surface area contributed by atoms with Crippen molar-refractivity contribution in [2.75, 3.05) is 13.2 Å². The molecule has 0 bridgehead atoms. The van der Waals surface area contributed by atoms with Crippen molar-refractivity contribution in [2.45, 2.75) is 43.7 Å². The highest BCUT2D eigenvalue weighted by molar-refractivity contribution is 5.20. The van der Waals surface area contributed by atoms with Gasteiger partial charge in [-0.2, -0.15) is 0 Å². The van der Waals surface area contributed by atoms with E-state index in [-0.39, 0.29) is 5.54 Å². The second-order valence-electron chi connectivity index (χ2n) is 5.46. The summed E-state index contributed by atoms with van der Waals surface area (Å²) in [5, 5.41) is 3.86. The van der Waals surface area contributed by atoms with Crippen LogP contribution in [0.4, 0.5) is 0 Å². The van der Waals surface area contributed by atoms with Gasteiger partial charge in [-0.1, -0.05) is 49.6 Å². The molecule has 0 unspecified atom stereocenters. The highest BCUT2D eigenvalue weighted by Gasteiger charge is 2.37. The van der Waals surface area contributed by atoms with Gasteiger partial charge in [0.25, 0.3) is 0 Å². The average Bonchev–Trinajstić information content (AvgIpc) is 2.41. The predicted molar refractivity (Wildman–Crippen MR) is 69.0 cm³/mol. The Morgan fingerprint density at radius 1 is 1.06 bits per heavy atom. The van der Waals surface area contributed by atoms with Crippen molar-refractivity contribution in [2.24, 2.45) is 0 Å². The SMILES string of the molecule is c1ccc([C@@H]2COCC3(CCCCC3)N2)cc1. The van der Waals surface area contributed by atoms with Crippen LogP contribution in [-0.4, -0.2) is 18.8 Å². The molecule has 2 aliphatic rings. The molecule has 2 heteroatoms. The van der Waals surface area contributed by atoms with Crippen LogP contribution in [0.25, 0.3) is 0 Å². The number of morpholine rings is 1. The largest absolute Gasteiger partial charge is 0.378 e. The highest BCUT2D eigenvalue weighted by Crippen LogP contribution is 2.33. The predicted octanol–water partition coefficient (Wildman–Crippen LogP) is 3.05. The van der Waals surface area contributed by atoms with Crippen LogP contribution in [0, 0.1) is 0 Å². The van der Waals surface area contributed by atoms with E-state index in [0.717, 1.165) is 13.2 Å². The summed E-state index contributed by atoms with van der Waals surface area (Å²) in [4.78, 5) is 0. The normalized spacial score (nSPS) is 28.1. The summed E-state index contributed by atoms with van der Waals surface area (Å²) in [5.41, 5.74) is 1.62. The maximum Gasteiger partial charge on any atom is 0.0662 e. The van der Waals surface area contributed by atoms with Crippen molar-refractivity contribution in [3.8, 4) is 0 Å². The first-order valence-electron chi connectivity index (χ1n) is 6.78. The Balaban J connectivity index is 1.75. The molecule has 1 saturated heterocycles. The first-order valence-corrected chi connectivity index (χ1v) is 6.78. The van der Waals surface area contributed by atoms with Gasteiger partial charge >= 0.3 is 0 Å². The Bertz CT molecular complexity index is 351. The summed E-state index contributed by atoms with van der Waals surface area (Å²) in [7, 11) is 0. The molecule has 1 aromatic rings. The molecule has 2 nitrogen and oxygen atoms in total. The zero-order valence-corrected chi connectivity index (χ0v) is 10.3. The van der Waals surface area contributed by atoms with E-state index in [1.54, 1.807) is 0 Å². The van der Waals surface area contributed by atoms with E-state index < -0.39 is 0 Å². The van der Waals surface area contributed by atoms with Crippen LogP contribution in [-0.2, 0) is 4.74 Å². The third-order valence-corrected chi connectivity index (χ3v) is 4.16. The van der Waals surface area contributed by atoms with Gasteiger partial charge in [0.05, 0.1) is 19.3 Å². The van der Waals surface area contributed by atoms with Crippen LogP contribution in [0.3, 0.4) is 0 Å². The molecule has 92 valence electrons. The van der Waals surface area contributed by atoms with Gasteiger partial charge in [-0.25, -0.2) is 0 Å². The first kappa shape index (κ1) is 11.2. The summed E-state index contributed by atoms with van der Waals surface area (Å²) in [5.74, 6) is 0. The molecule has 2 fully saturated rings. The van der Waals surface area contributed by atoms with Gasteiger partial charge in [0.2, 0.25) is 0 Å². The zero-order valence-electron chi connectivity index (χ0n) is 10.3. The van der Waals surface area contributed by atoms with Crippen LogP contribution in [0.15, 0.2) is 30.3 Å². The molecule has 1 atom stereocenters. The molecule has 1 spiro atoms. The van der Waals surface area contributed by atoms with Crippen molar-refractivity contribution < 1.29 is 4.74 Å². The van der Waals surface area contributed by atoms with E-state index in [1.165, 1.54) is 37.7 Å². The molecule has 0 amide bonds. The van der Waals surface area contributed by atoms with Crippen molar-refractivity contribution in [3.63, 3.8) is 0 Å². The fourth-order valence-corrected chi connectivity index (χ4v) is 3.21. The fraction of sp³-hybridized carbons (Fsp3) is 0.600. The summed E-state index contributed by atoms with van der Waals surface area (Å²) in [6, 6.07) is 11.1. The lowest BCUT2D eigenvalue weighted by molar-refractivity contribution is -0.0182. The van der Waals surface area contributed by atoms with Crippen LogP contribution in [0.5, 0.6) is 0 Å². The van der Waals surface area contributed by atoms with Crippen molar-refractivity contribution in [1.82, 2.24) is 5.32 Å². The molecule has 3 rings (SSSR count). The third kappa shape index (κ3) is 2.38. The van der Waals surface area contributed by atoms with Crippen LogP contribution in [0.1, 0.15) is 43.7 Å². The van der Waals surface area contributed by atoms with Gasteiger partial charge in [-0.05, 0) is 18.4 Å². The minimum absolute atomic E-state index is 0.261. The van der Waals surface area contributed by atoms with Gasteiger partial charge in [0.15, 0.2) is 0 Å². The van der Waals surface area contributed by atoms with Gasteiger partial charge in [-0.3, -0.25) is 0 Å². The number of hydrogen-bond acceptors (Lipinski definition) is 2. The molecule has 0 aromatic heterocycles. The lowest BCUT2D eigenvalue weighted by atomic mass is 9.80. The highest BCUT2D eigenvalue weighted by atomic mass is 16.5. The Hall–Kier alpha value is -0.860.